The molecule has 126 valence electrons. The molecule has 1 aromatic carbocycles. The van der Waals surface area contributed by atoms with Crippen molar-refractivity contribution < 1.29 is 9.90 Å². The number of rotatable bonds is 2. The first-order valence-electron chi connectivity index (χ1n) is 8.58. The average molecular weight is 342 g/mol. The van der Waals surface area contributed by atoms with E-state index < -0.39 is 0 Å². The summed E-state index contributed by atoms with van der Waals surface area (Å²) in [6.45, 7) is 4.22. The quantitative estimate of drug-likeness (QED) is 0.769. The second-order valence-corrected chi connectivity index (χ2v) is 7.94. The molecule has 0 bridgehead atoms. The molecule has 4 rings (SSSR count). The number of hydrogen-bond donors (Lipinski definition) is 3. The van der Waals surface area contributed by atoms with Crippen LogP contribution in [0, 0.1) is 12.8 Å². The van der Waals surface area contributed by atoms with Gasteiger partial charge in [-0.25, -0.2) is 0 Å². The highest BCUT2D eigenvalue weighted by molar-refractivity contribution is 7.16. The van der Waals surface area contributed by atoms with Crippen LogP contribution in [-0.4, -0.2) is 11.0 Å². The monoisotopic (exact) mass is 342 g/mol. The first kappa shape index (κ1) is 15.5. The highest BCUT2D eigenvalue weighted by Crippen LogP contribution is 2.43. The maximum absolute atomic E-state index is 12.7. The second kappa shape index (κ2) is 5.81. The fraction of sp³-hybridized carbons (Fsp3) is 0.421. The number of carbonyl (C=O) groups excluding carboxylic acids is 1. The highest BCUT2D eigenvalue weighted by Gasteiger charge is 2.34. The van der Waals surface area contributed by atoms with E-state index in [0.29, 0.717) is 5.56 Å². The lowest BCUT2D eigenvalue weighted by atomic mass is 9.85. The van der Waals surface area contributed by atoms with Crippen molar-refractivity contribution in [3.8, 4) is 5.75 Å². The third-order valence-electron chi connectivity index (χ3n) is 5.22. The smallest absolute Gasteiger partial charge is 0.256 e. The number of hydrogen-bond acceptors (Lipinski definition) is 4. The number of anilines is 1. The van der Waals surface area contributed by atoms with Crippen molar-refractivity contribution in [2.45, 2.75) is 45.7 Å². The van der Waals surface area contributed by atoms with Crippen LogP contribution in [0.1, 0.15) is 57.9 Å². The Morgan fingerprint density at radius 1 is 1.33 bits per heavy atom. The number of phenols is 1. The Morgan fingerprint density at radius 2 is 2.17 bits per heavy atom. The van der Waals surface area contributed by atoms with Crippen molar-refractivity contribution in [2.75, 3.05) is 5.32 Å². The Kier molecular flexibility index (Phi) is 3.76. The zero-order valence-electron chi connectivity index (χ0n) is 14.0. The van der Waals surface area contributed by atoms with E-state index in [4.69, 9.17) is 0 Å². The van der Waals surface area contributed by atoms with Crippen molar-refractivity contribution in [1.29, 1.82) is 0 Å². The molecule has 1 aliphatic heterocycles. The van der Waals surface area contributed by atoms with Crippen LogP contribution in [0.15, 0.2) is 18.2 Å². The van der Waals surface area contributed by atoms with Gasteiger partial charge < -0.3 is 15.7 Å². The molecule has 0 radical (unpaired) electrons. The van der Waals surface area contributed by atoms with Crippen LogP contribution in [-0.2, 0) is 12.8 Å². The Hall–Kier alpha value is -2.01. The van der Waals surface area contributed by atoms with Crippen molar-refractivity contribution >= 4 is 22.2 Å². The van der Waals surface area contributed by atoms with E-state index >= 15 is 0 Å². The summed E-state index contributed by atoms with van der Waals surface area (Å²) in [6.07, 6.45) is 4.06. The minimum atomic E-state index is -0.382. The van der Waals surface area contributed by atoms with Gasteiger partial charge in [0.05, 0.1) is 5.56 Å². The first-order chi connectivity index (χ1) is 11.6. The molecule has 5 heteroatoms. The summed E-state index contributed by atoms with van der Waals surface area (Å²) < 4.78 is 0. The van der Waals surface area contributed by atoms with Gasteiger partial charge in [0.25, 0.3) is 5.91 Å². The molecule has 2 aromatic rings. The first-order valence-corrected chi connectivity index (χ1v) is 9.40. The van der Waals surface area contributed by atoms with E-state index in [-0.39, 0.29) is 17.8 Å². The van der Waals surface area contributed by atoms with Crippen LogP contribution >= 0.6 is 11.3 Å². The molecule has 0 spiro atoms. The number of carbonyl (C=O) groups is 1. The molecular weight excluding hydrogens is 320 g/mol. The van der Waals surface area contributed by atoms with Crippen LogP contribution in [0.2, 0.25) is 0 Å². The fourth-order valence-corrected chi connectivity index (χ4v) is 5.16. The topological polar surface area (TPSA) is 61.4 Å². The Labute approximate surface area is 145 Å². The van der Waals surface area contributed by atoms with Crippen molar-refractivity contribution in [2.24, 2.45) is 5.92 Å². The van der Waals surface area contributed by atoms with Crippen LogP contribution in [0.5, 0.6) is 5.75 Å². The van der Waals surface area contributed by atoms with Gasteiger partial charge in [-0.2, -0.15) is 0 Å². The van der Waals surface area contributed by atoms with Gasteiger partial charge in [-0.15, -0.1) is 11.3 Å². The number of benzene rings is 1. The standard InChI is InChI=1S/C19H22N2O2S/c1-3-11-5-6-12-15(9-11)24-19-16(12)18(23)20-17(21-19)13-8-10(2)4-7-14(13)22/h4,7-8,11,17,21-22H,3,5-6,9H2,1-2H3,(H,20,23)/t11-,17+/m1/s1. The number of thiophene rings is 1. The molecule has 1 amide bonds. The second-order valence-electron chi connectivity index (χ2n) is 6.84. The van der Waals surface area contributed by atoms with Gasteiger partial charge in [-0.1, -0.05) is 25.0 Å². The van der Waals surface area contributed by atoms with Gasteiger partial charge in [0.2, 0.25) is 0 Å². The number of aromatic hydroxyl groups is 1. The van der Waals surface area contributed by atoms with Crippen LogP contribution in [0.3, 0.4) is 0 Å². The number of nitrogens with one attached hydrogen (secondary N) is 2. The molecule has 0 saturated carbocycles. The van der Waals surface area contributed by atoms with E-state index in [1.807, 2.05) is 19.1 Å². The molecule has 1 aliphatic carbocycles. The molecular formula is C19H22N2O2S. The molecule has 1 aromatic heterocycles. The number of phenolic OH excluding ortho intramolecular Hbond substituents is 1. The number of fused-ring (bicyclic) bond motifs is 3. The lowest BCUT2D eigenvalue weighted by Gasteiger charge is -2.27. The molecule has 0 unspecified atom stereocenters. The van der Waals surface area contributed by atoms with Gasteiger partial charge in [-0.3, -0.25) is 4.79 Å². The number of aryl methyl sites for hydroxylation is 1. The van der Waals surface area contributed by atoms with Crippen LogP contribution in [0.4, 0.5) is 5.00 Å². The summed E-state index contributed by atoms with van der Waals surface area (Å²) in [5.41, 5.74) is 3.83. The van der Waals surface area contributed by atoms with Gasteiger partial charge in [0.15, 0.2) is 0 Å². The van der Waals surface area contributed by atoms with E-state index in [2.05, 4.69) is 17.6 Å². The van der Waals surface area contributed by atoms with Crippen molar-refractivity contribution in [3.63, 3.8) is 0 Å². The van der Waals surface area contributed by atoms with E-state index in [0.717, 1.165) is 34.9 Å². The maximum Gasteiger partial charge on any atom is 0.256 e. The SMILES string of the molecule is CC[C@@H]1CCc2c(sc3c2C(=O)N[C@H](c2cc(C)ccc2O)N3)C1. The molecule has 0 saturated heterocycles. The molecule has 2 aliphatic rings. The summed E-state index contributed by atoms with van der Waals surface area (Å²) in [5.74, 6) is 0.911. The van der Waals surface area contributed by atoms with Crippen molar-refractivity contribution in [1.82, 2.24) is 5.32 Å². The van der Waals surface area contributed by atoms with Crippen LogP contribution < -0.4 is 10.6 Å². The fourth-order valence-electron chi connectivity index (χ4n) is 3.78. The summed E-state index contributed by atoms with van der Waals surface area (Å²) in [6, 6.07) is 5.46. The highest BCUT2D eigenvalue weighted by atomic mass is 32.1. The summed E-state index contributed by atoms with van der Waals surface area (Å²) in [4.78, 5) is 14.1. The van der Waals surface area contributed by atoms with E-state index in [1.54, 1.807) is 17.4 Å². The van der Waals surface area contributed by atoms with Gasteiger partial charge >= 0.3 is 0 Å². The Balaban J connectivity index is 1.70. The van der Waals surface area contributed by atoms with Crippen LogP contribution in [0.25, 0.3) is 0 Å². The van der Waals surface area contributed by atoms with Crippen molar-refractivity contribution in [3.05, 3.63) is 45.3 Å². The predicted molar refractivity (Wildman–Crippen MR) is 96.8 cm³/mol. The Bertz CT molecular complexity index is 812. The summed E-state index contributed by atoms with van der Waals surface area (Å²) >= 11 is 1.72. The number of amides is 1. The lowest BCUT2D eigenvalue weighted by molar-refractivity contribution is 0.0935. The molecule has 2 atom stereocenters. The minimum Gasteiger partial charge on any atom is -0.508 e. The van der Waals surface area contributed by atoms with Gasteiger partial charge in [0.1, 0.15) is 16.9 Å². The zero-order chi connectivity index (χ0) is 16.8. The molecule has 0 fully saturated rings. The third-order valence-corrected chi connectivity index (χ3v) is 6.40. The minimum absolute atomic E-state index is 0.0258. The average Bonchev–Trinajstić information content (AvgIpc) is 2.94. The largest absolute Gasteiger partial charge is 0.508 e. The Morgan fingerprint density at radius 3 is 2.96 bits per heavy atom. The third kappa shape index (κ3) is 2.47. The van der Waals surface area contributed by atoms with Gasteiger partial charge in [0, 0.05) is 10.4 Å². The normalized spacial score (nSPS) is 22.3. The van der Waals surface area contributed by atoms with Gasteiger partial charge in [-0.05, 0) is 49.8 Å². The van der Waals surface area contributed by atoms with E-state index in [9.17, 15) is 9.90 Å². The van der Waals surface area contributed by atoms with E-state index in [1.165, 1.54) is 23.3 Å². The molecule has 4 nitrogen and oxygen atoms in total. The molecule has 24 heavy (non-hydrogen) atoms. The summed E-state index contributed by atoms with van der Waals surface area (Å²) in [5, 5.41) is 17.6. The summed E-state index contributed by atoms with van der Waals surface area (Å²) in [7, 11) is 0. The maximum atomic E-state index is 12.7. The molecule has 3 N–H and O–H groups in total. The lowest BCUT2D eigenvalue weighted by Crippen LogP contribution is -2.38. The zero-order valence-corrected chi connectivity index (χ0v) is 14.8. The predicted octanol–water partition coefficient (Wildman–Crippen LogP) is 4.13. The molecule has 2 heterocycles.